The zero-order valence-electron chi connectivity index (χ0n) is 8.73. The first-order valence-electron chi connectivity index (χ1n) is 5.12. The topological polar surface area (TPSA) is 37.8 Å². The average Bonchev–Trinajstić information content (AvgIpc) is 2.65. The van der Waals surface area contributed by atoms with Gasteiger partial charge in [-0.15, -0.1) is 0 Å². The van der Waals surface area contributed by atoms with Crippen molar-refractivity contribution in [3.63, 3.8) is 0 Å². The predicted molar refractivity (Wildman–Crippen MR) is 60.0 cm³/mol. The van der Waals surface area contributed by atoms with Crippen LogP contribution in [0, 0.1) is 0 Å². The summed E-state index contributed by atoms with van der Waals surface area (Å²) >= 11 is 0. The smallest absolute Gasteiger partial charge is 0.313 e. The second-order valence-electron chi connectivity index (χ2n) is 3.52. The number of benzene rings is 1. The SMILES string of the molecule is CCc1ccccc1Cn1cc[nH]c1=O. The van der Waals surface area contributed by atoms with Crippen LogP contribution in [-0.2, 0) is 13.0 Å². The summed E-state index contributed by atoms with van der Waals surface area (Å²) in [7, 11) is 0. The molecule has 0 bridgehead atoms. The maximum absolute atomic E-state index is 11.3. The highest BCUT2D eigenvalue weighted by Gasteiger charge is 2.02. The van der Waals surface area contributed by atoms with Crippen molar-refractivity contribution in [3.8, 4) is 0 Å². The van der Waals surface area contributed by atoms with Gasteiger partial charge in [-0.2, -0.15) is 0 Å². The van der Waals surface area contributed by atoms with E-state index in [1.165, 1.54) is 11.1 Å². The van der Waals surface area contributed by atoms with Crippen LogP contribution in [0.4, 0.5) is 0 Å². The summed E-state index contributed by atoms with van der Waals surface area (Å²) in [6.45, 7) is 2.77. The molecule has 0 saturated carbocycles. The number of hydrogen-bond acceptors (Lipinski definition) is 1. The number of aryl methyl sites for hydroxylation is 1. The zero-order chi connectivity index (χ0) is 10.7. The first kappa shape index (κ1) is 9.77. The highest BCUT2D eigenvalue weighted by atomic mass is 16.1. The van der Waals surface area contributed by atoms with Gasteiger partial charge in [-0.3, -0.25) is 4.57 Å². The van der Waals surface area contributed by atoms with Gasteiger partial charge in [0, 0.05) is 12.4 Å². The molecular formula is C12H14N2O. The van der Waals surface area contributed by atoms with E-state index in [2.05, 4.69) is 24.0 Å². The number of H-pyrrole nitrogens is 1. The molecule has 0 spiro atoms. The maximum atomic E-state index is 11.3. The van der Waals surface area contributed by atoms with Crippen LogP contribution < -0.4 is 5.69 Å². The summed E-state index contributed by atoms with van der Waals surface area (Å²) in [4.78, 5) is 14.0. The third kappa shape index (κ3) is 2.01. The number of nitrogens with one attached hydrogen (secondary N) is 1. The van der Waals surface area contributed by atoms with Crippen LogP contribution in [0.15, 0.2) is 41.5 Å². The molecule has 0 fully saturated rings. The van der Waals surface area contributed by atoms with Crippen LogP contribution in [0.25, 0.3) is 0 Å². The van der Waals surface area contributed by atoms with E-state index in [1.54, 1.807) is 17.0 Å². The standard InChI is InChI=1S/C12H14N2O/c1-2-10-5-3-4-6-11(10)9-14-8-7-13-12(14)15/h3-8H,2,9H2,1H3,(H,13,15). The number of hydrogen-bond donors (Lipinski definition) is 1. The number of nitrogens with zero attached hydrogens (tertiary/aromatic N) is 1. The Morgan fingerprint density at radius 1 is 1.27 bits per heavy atom. The van der Waals surface area contributed by atoms with Gasteiger partial charge in [0.15, 0.2) is 0 Å². The van der Waals surface area contributed by atoms with Crippen molar-refractivity contribution in [1.82, 2.24) is 9.55 Å². The normalized spacial score (nSPS) is 10.5. The molecule has 1 aromatic heterocycles. The van der Waals surface area contributed by atoms with Gasteiger partial charge in [0.2, 0.25) is 0 Å². The number of aromatic amines is 1. The van der Waals surface area contributed by atoms with Crippen LogP contribution in [0.3, 0.4) is 0 Å². The van der Waals surface area contributed by atoms with Crippen molar-refractivity contribution in [3.05, 3.63) is 58.3 Å². The first-order chi connectivity index (χ1) is 7.31. The van der Waals surface area contributed by atoms with Crippen LogP contribution in [0.2, 0.25) is 0 Å². The second-order valence-corrected chi connectivity index (χ2v) is 3.52. The molecule has 0 aliphatic rings. The van der Waals surface area contributed by atoms with Gasteiger partial charge in [0.1, 0.15) is 0 Å². The molecule has 1 aromatic carbocycles. The lowest BCUT2D eigenvalue weighted by atomic mass is 10.1. The monoisotopic (exact) mass is 202 g/mol. The average molecular weight is 202 g/mol. The summed E-state index contributed by atoms with van der Waals surface area (Å²) in [6.07, 6.45) is 4.43. The van der Waals surface area contributed by atoms with E-state index in [0.717, 1.165) is 6.42 Å². The molecule has 0 saturated heterocycles. The third-order valence-electron chi connectivity index (χ3n) is 2.56. The van der Waals surface area contributed by atoms with E-state index in [9.17, 15) is 4.79 Å². The molecule has 0 atom stereocenters. The van der Waals surface area contributed by atoms with Crippen LogP contribution in [-0.4, -0.2) is 9.55 Å². The summed E-state index contributed by atoms with van der Waals surface area (Å²) in [5.41, 5.74) is 2.45. The maximum Gasteiger partial charge on any atom is 0.325 e. The van der Waals surface area contributed by atoms with Gasteiger partial charge in [-0.1, -0.05) is 31.2 Å². The number of aromatic nitrogens is 2. The highest BCUT2D eigenvalue weighted by molar-refractivity contribution is 5.27. The molecule has 2 aromatic rings. The Bertz CT molecular complexity index is 496. The molecule has 0 aliphatic heterocycles. The summed E-state index contributed by atoms with van der Waals surface area (Å²) in [6, 6.07) is 8.21. The molecule has 3 nitrogen and oxygen atoms in total. The van der Waals surface area contributed by atoms with E-state index >= 15 is 0 Å². The van der Waals surface area contributed by atoms with Gasteiger partial charge in [-0.25, -0.2) is 4.79 Å². The van der Waals surface area contributed by atoms with E-state index < -0.39 is 0 Å². The minimum absolute atomic E-state index is 0.0547. The third-order valence-corrected chi connectivity index (χ3v) is 2.56. The molecule has 3 heteroatoms. The fourth-order valence-electron chi connectivity index (χ4n) is 1.71. The first-order valence-corrected chi connectivity index (χ1v) is 5.12. The van der Waals surface area contributed by atoms with Gasteiger partial charge in [0.05, 0.1) is 6.54 Å². The zero-order valence-corrected chi connectivity index (χ0v) is 8.73. The van der Waals surface area contributed by atoms with E-state index in [1.807, 2.05) is 12.1 Å². The lowest BCUT2D eigenvalue weighted by molar-refractivity contribution is 0.754. The lowest BCUT2D eigenvalue weighted by Gasteiger charge is -2.07. The van der Waals surface area contributed by atoms with Crippen molar-refractivity contribution in [2.24, 2.45) is 0 Å². The largest absolute Gasteiger partial charge is 0.325 e. The lowest BCUT2D eigenvalue weighted by Crippen LogP contribution is -2.17. The Morgan fingerprint density at radius 2 is 2.00 bits per heavy atom. The van der Waals surface area contributed by atoms with Gasteiger partial charge in [0.25, 0.3) is 0 Å². The Hall–Kier alpha value is -1.77. The molecule has 1 heterocycles. The summed E-state index contributed by atoms with van der Waals surface area (Å²) in [5, 5.41) is 0. The van der Waals surface area contributed by atoms with Crippen molar-refractivity contribution in [2.45, 2.75) is 19.9 Å². The quantitative estimate of drug-likeness (QED) is 0.809. The van der Waals surface area contributed by atoms with E-state index in [-0.39, 0.29) is 5.69 Å². The summed E-state index contributed by atoms with van der Waals surface area (Å²) in [5.74, 6) is 0. The highest BCUT2D eigenvalue weighted by Crippen LogP contribution is 2.10. The molecular weight excluding hydrogens is 188 g/mol. The van der Waals surface area contributed by atoms with E-state index in [4.69, 9.17) is 0 Å². The Kier molecular flexibility index (Phi) is 2.72. The van der Waals surface area contributed by atoms with Crippen molar-refractivity contribution < 1.29 is 0 Å². The van der Waals surface area contributed by atoms with Crippen LogP contribution in [0.1, 0.15) is 18.1 Å². The molecule has 1 N–H and O–H groups in total. The molecule has 0 amide bonds. The molecule has 78 valence electrons. The van der Waals surface area contributed by atoms with Gasteiger partial charge >= 0.3 is 5.69 Å². The van der Waals surface area contributed by atoms with Crippen LogP contribution >= 0.6 is 0 Å². The molecule has 15 heavy (non-hydrogen) atoms. The molecule has 0 unspecified atom stereocenters. The minimum atomic E-state index is -0.0547. The fraction of sp³-hybridized carbons (Fsp3) is 0.250. The second kappa shape index (κ2) is 4.17. The minimum Gasteiger partial charge on any atom is -0.313 e. The van der Waals surface area contributed by atoms with Crippen molar-refractivity contribution >= 4 is 0 Å². The number of imidazole rings is 1. The van der Waals surface area contributed by atoms with Gasteiger partial charge in [-0.05, 0) is 17.5 Å². The Balaban J connectivity index is 2.32. The molecule has 0 radical (unpaired) electrons. The Labute approximate surface area is 88.4 Å². The van der Waals surface area contributed by atoms with Crippen molar-refractivity contribution in [1.29, 1.82) is 0 Å². The van der Waals surface area contributed by atoms with Crippen LogP contribution in [0.5, 0.6) is 0 Å². The van der Waals surface area contributed by atoms with Gasteiger partial charge < -0.3 is 4.98 Å². The summed E-state index contributed by atoms with van der Waals surface area (Å²) < 4.78 is 1.68. The Morgan fingerprint density at radius 3 is 2.60 bits per heavy atom. The molecule has 0 aliphatic carbocycles. The van der Waals surface area contributed by atoms with Crippen molar-refractivity contribution in [2.75, 3.05) is 0 Å². The fourth-order valence-corrected chi connectivity index (χ4v) is 1.71. The predicted octanol–water partition coefficient (Wildman–Crippen LogP) is 1.79. The number of rotatable bonds is 3. The molecule has 2 rings (SSSR count). The van der Waals surface area contributed by atoms with E-state index in [0.29, 0.717) is 6.54 Å².